The Bertz CT molecular complexity index is 211. The van der Waals surface area contributed by atoms with Crippen molar-refractivity contribution < 1.29 is 10.2 Å². The van der Waals surface area contributed by atoms with Crippen molar-refractivity contribution in [3.63, 3.8) is 0 Å². The highest BCUT2D eigenvalue weighted by Gasteiger charge is 1.87. The summed E-state index contributed by atoms with van der Waals surface area (Å²) in [5, 5.41) is 17.1. The van der Waals surface area contributed by atoms with Crippen molar-refractivity contribution in [3.05, 3.63) is 23.3 Å². The maximum Gasteiger partial charge on any atom is 0.0614 e. The van der Waals surface area contributed by atoms with E-state index in [1.54, 1.807) is 0 Å². The lowest BCUT2D eigenvalue weighted by Gasteiger charge is -1.96. The quantitative estimate of drug-likeness (QED) is 0.695. The molecule has 0 radical (unpaired) electrons. The van der Waals surface area contributed by atoms with Gasteiger partial charge in [-0.05, 0) is 47.0 Å². The van der Waals surface area contributed by atoms with Crippen LogP contribution in [0.15, 0.2) is 23.3 Å². The molecule has 0 saturated heterocycles. The van der Waals surface area contributed by atoms with E-state index in [4.69, 9.17) is 10.2 Å². The first-order valence-corrected chi connectivity index (χ1v) is 6.51. The highest BCUT2D eigenvalue weighted by molar-refractivity contribution is 5.01. The summed E-state index contributed by atoms with van der Waals surface area (Å²) in [7, 11) is 0. The smallest absolute Gasteiger partial charge is 0.0614 e. The van der Waals surface area contributed by atoms with Crippen molar-refractivity contribution in [1.82, 2.24) is 0 Å². The van der Waals surface area contributed by atoms with Crippen LogP contribution in [-0.2, 0) is 0 Å². The highest BCUT2D eigenvalue weighted by Crippen LogP contribution is 2.05. The molecule has 0 aliphatic carbocycles. The Kier molecular flexibility index (Phi) is 14.9. The molecule has 0 heterocycles. The van der Waals surface area contributed by atoms with Crippen molar-refractivity contribution in [2.75, 3.05) is 6.61 Å². The number of aliphatic hydroxyl groups is 2. The van der Waals surface area contributed by atoms with Gasteiger partial charge in [0, 0.05) is 0 Å². The van der Waals surface area contributed by atoms with Gasteiger partial charge in [-0.2, -0.15) is 0 Å². The largest absolute Gasteiger partial charge is 0.393 e. The van der Waals surface area contributed by atoms with Gasteiger partial charge in [-0.25, -0.2) is 0 Å². The van der Waals surface area contributed by atoms with Crippen LogP contribution in [0.25, 0.3) is 0 Å². The third-order valence-electron chi connectivity index (χ3n) is 2.24. The normalized spacial score (nSPS) is 12.5. The fourth-order valence-corrected chi connectivity index (χ4v) is 1.26. The molecule has 102 valence electrons. The minimum absolute atomic E-state index is 0.102. The van der Waals surface area contributed by atoms with Gasteiger partial charge in [0.1, 0.15) is 0 Å². The molecular formula is C15H30O2. The van der Waals surface area contributed by atoms with E-state index >= 15 is 0 Å². The summed E-state index contributed by atoms with van der Waals surface area (Å²) >= 11 is 0. The van der Waals surface area contributed by atoms with Crippen molar-refractivity contribution in [3.8, 4) is 0 Å². The number of aliphatic hydroxyl groups excluding tert-OH is 2. The number of hydrogen-bond donors (Lipinski definition) is 2. The maximum atomic E-state index is 8.55. The molecule has 0 aromatic carbocycles. The zero-order chi connectivity index (χ0) is 13.7. The molecule has 0 rings (SSSR count). The van der Waals surface area contributed by atoms with Crippen LogP contribution >= 0.6 is 0 Å². The lowest BCUT2D eigenvalue weighted by Crippen LogP contribution is -1.95. The highest BCUT2D eigenvalue weighted by atomic mass is 16.3. The third-order valence-corrected chi connectivity index (χ3v) is 2.24. The molecule has 0 spiro atoms. The van der Waals surface area contributed by atoms with E-state index < -0.39 is 0 Å². The maximum absolute atomic E-state index is 8.55. The van der Waals surface area contributed by atoms with Gasteiger partial charge in [0.15, 0.2) is 0 Å². The van der Waals surface area contributed by atoms with Crippen LogP contribution in [0.4, 0.5) is 0 Å². The average molecular weight is 242 g/mol. The van der Waals surface area contributed by atoms with Crippen molar-refractivity contribution in [1.29, 1.82) is 0 Å². The summed E-state index contributed by atoms with van der Waals surface area (Å²) < 4.78 is 0. The number of allylic oxidation sites excluding steroid dienone is 3. The molecule has 1 atom stereocenters. The Morgan fingerprint density at radius 3 is 2.06 bits per heavy atom. The van der Waals surface area contributed by atoms with Crippen molar-refractivity contribution in [2.24, 2.45) is 0 Å². The molecule has 2 heteroatoms. The molecule has 2 N–H and O–H groups in total. The SMILES string of the molecule is CC(C)=CCC/C(C)=C\CO.CCCC(C)O. The monoisotopic (exact) mass is 242 g/mol. The fraction of sp³-hybridized carbons (Fsp3) is 0.733. The van der Waals surface area contributed by atoms with Crippen molar-refractivity contribution in [2.45, 2.75) is 66.4 Å². The first kappa shape index (κ1) is 18.8. The second-order valence-corrected chi connectivity index (χ2v) is 4.69. The summed E-state index contributed by atoms with van der Waals surface area (Å²) in [5.41, 5.74) is 2.63. The van der Waals surface area contributed by atoms with Gasteiger partial charge in [-0.15, -0.1) is 0 Å². The summed E-state index contributed by atoms with van der Waals surface area (Å²) in [6, 6.07) is 0. The average Bonchev–Trinajstić information content (AvgIpc) is 2.18. The second kappa shape index (κ2) is 13.5. The molecule has 0 aliphatic rings. The lowest BCUT2D eigenvalue weighted by atomic mass is 10.1. The molecule has 0 fully saturated rings. The topological polar surface area (TPSA) is 40.5 Å². The van der Waals surface area contributed by atoms with Crippen LogP contribution in [0.5, 0.6) is 0 Å². The fourth-order valence-electron chi connectivity index (χ4n) is 1.26. The molecule has 0 aromatic heterocycles. The van der Waals surface area contributed by atoms with Crippen LogP contribution in [-0.4, -0.2) is 22.9 Å². The zero-order valence-electron chi connectivity index (χ0n) is 12.2. The molecule has 17 heavy (non-hydrogen) atoms. The standard InChI is InChI=1S/C10H18O.C5H12O/c1-9(2)5-4-6-10(3)7-8-11;1-3-4-5(2)6/h5,7,11H,4,6,8H2,1-3H3;5-6H,3-4H2,1-2H3/b10-7-;. The number of rotatable bonds is 6. The van der Waals surface area contributed by atoms with Gasteiger partial charge < -0.3 is 10.2 Å². The Morgan fingerprint density at radius 1 is 1.18 bits per heavy atom. The van der Waals surface area contributed by atoms with Crippen LogP contribution in [0.3, 0.4) is 0 Å². The Hall–Kier alpha value is -0.600. The van der Waals surface area contributed by atoms with E-state index in [0.717, 1.165) is 25.7 Å². The van der Waals surface area contributed by atoms with E-state index in [0.29, 0.717) is 0 Å². The predicted octanol–water partition coefficient (Wildman–Crippen LogP) is 3.84. The Labute approximate surface area is 107 Å². The van der Waals surface area contributed by atoms with Crippen LogP contribution in [0, 0.1) is 0 Å². The Morgan fingerprint density at radius 2 is 1.76 bits per heavy atom. The molecule has 1 unspecified atom stereocenters. The minimum atomic E-state index is -0.102. The van der Waals surface area contributed by atoms with Gasteiger partial charge in [-0.1, -0.05) is 36.6 Å². The molecule has 0 aliphatic heterocycles. The Balaban J connectivity index is 0. The zero-order valence-corrected chi connectivity index (χ0v) is 12.2. The van der Waals surface area contributed by atoms with E-state index in [2.05, 4.69) is 33.8 Å². The van der Waals surface area contributed by atoms with E-state index in [-0.39, 0.29) is 12.7 Å². The van der Waals surface area contributed by atoms with Gasteiger partial charge in [0.25, 0.3) is 0 Å². The molecule has 0 amide bonds. The van der Waals surface area contributed by atoms with E-state index in [9.17, 15) is 0 Å². The predicted molar refractivity (Wildman–Crippen MR) is 76.1 cm³/mol. The lowest BCUT2D eigenvalue weighted by molar-refractivity contribution is 0.183. The molecule has 0 bridgehead atoms. The van der Waals surface area contributed by atoms with Crippen molar-refractivity contribution >= 4 is 0 Å². The molecular weight excluding hydrogens is 212 g/mol. The number of hydrogen-bond acceptors (Lipinski definition) is 2. The van der Waals surface area contributed by atoms with Gasteiger partial charge in [-0.3, -0.25) is 0 Å². The first-order valence-electron chi connectivity index (χ1n) is 6.51. The molecule has 0 aromatic rings. The molecule has 0 saturated carbocycles. The van der Waals surface area contributed by atoms with E-state index in [1.165, 1.54) is 11.1 Å². The van der Waals surface area contributed by atoms with Gasteiger partial charge in [0.05, 0.1) is 12.7 Å². The summed E-state index contributed by atoms with van der Waals surface area (Å²) in [6.45, 7) is 10.3. The summed E-state index contributed by atoms with van der Waals surface area (Å²) in [6.07, 6.45) is 8.14. The minimum Gasteiger partial charge on any atom is -0.393 e. The van der Waals surface area contributed by atoms with Crippen LogP contribution in [0.1, 0.15) is 60.3 Å². The summed E-state index contributed by atoms with van der Waals surface area (Å²) in [4.78, 5) is 0. The summed E-state index contributed by atoms with van der Waals surface area (Å²) in [5.74, 6) is 0. The first-order chi connectivity index (χ1) is 7.93. The third kappa shape index (κ3) is 21.3. The molecule has 2 nitrogen and oxygen atoms in total. The van der Waals surface area contributed by atoms with Crippen LogP contribution in [0.2, 0.25) is 0 Å². The van der Waals surface area contributed by atoms with Crippen LogP contribution < -0.4 is 0 Å². The van der Waals surface area contributed by atoms with Gasteiger partial charge in [0.2, 0.25) is 0 Å². The van der Waals surface area contributed by atoms with Gasteiger partial charge >= 0.3 is 0 Å². The van der Waals surface area contributed by atoms with E-state index in [1.807, 2.05) is 13.0 Å². The second-order valence-electron chi connectivity index (χ2n) is 4.69.